The lowest BCUT2D eigenvalue weighted by atomic mass is 10.1. The van der Waals surface area contributed by atoms with Gasteiger partial charge in [0.05, 0.1) is 7.11 Å². The highest BCUT2D eigenvalue weighted by Crippen LogP contribution is 2.27. The van der Waals surface area contributed by atoms with Crippen LogP contribution in [0.1, 0.15) is 11.3 Å². The molecule has 0 bridgehead atoms. The number of esters is 1. The molecule has 3 nitrogen and oxygen atoms in total. The number of hydrogen-bond donors (Lipinski definition) is 0. The highest BCUT2D eigenvalue weighted by atomic mass is 35.5. The van der Waals surface area contributed by atoms with Gasteiger partial charge in [-0.2, -0.15) is 0 Å². The van der Waals surface area contributed by atoms with E-state index < -0.39 is 5.97 Å². The molecule has 0 fully saturated rings. The van der Waals surface area contributed by atoms with Crippen molar-refractivity contribution in [2.45, 2.75) is 6.92 Å². The average molecular weight is 277 g/mol. The van der Waals surface area contributed by atoms with Crippen molar-refractivity contribution in [2.24, 2.45) is 0 Å². The Kier molecular flexibility index (Phi) is 4.07. The van der Waals surface area contributed by atoms with Crippen LogP contribution in [0.5, 0.6) is 0 Å². The molecule has 0 radical (unpaired) electrons. The first-order valence-corrected chi connectivity index (χ1v) is 6.10. The predicted octanol–water partition coefficient (Wildman–Crippen LogP) is 4.09. The van der Waals surface area contributed by atoms with Crippen LogP contribution in [-0.4, -0.2) is 13.1 Å². The van der Waals surface area contributed by atoms with Gasteiger partial charge in [-0.1, -0.05) is 23.7 Å². The molecule has 19 heavy (non-hydrogen) atoms. The predicted molar refractivity (Wildman–Crippen MR) is 74.9 cm³/mol. The lowest BCUT2D eigenvalue weighted by Gasteiger charge is -2.00. The molecular formula is C15H13ClO3. The molecule has 0 aliphatic carbocycles. The molecule has 98 valence electrons. The number of hydrogen-bond acceptors (Lipinski definition) is 3. The van der Waals surface area contributed by atoms with E-state index in [2.05, 4.69) is 4.74 Å². The van der Waals surface area contributed by atoms with Gasteiger partial charge in [0.15, 0.2) is 0 Å². The number of carbonyl (C=O) groups excluding carboxylic acids is 1. The Morgan fingerprint density at radius 1 is 1.32 bits per heavy atom. The summed E-state index contributed by atoms with van der Waals surface area (Å²) in [6, 6.07) is 9.34. The Labute approximate surface area is 116 Å². The summed E-state index contributed by atoms with van der Waals surface area (Å²) in [5.41, 5.74) is 1.91. The van der Waals surface area contributed by atoms with Gasteiger partial charge in [-0.05, 0) is 36.8 Å². The molecular weight excluding hydrogens is 264 g/mol. The molecule has 1 aromatic carbocycles. The normalized spacial score (nSPS) is 10.9. The Morgan fingerprint density at radius 2 is 2.11 bits per heavy atom. The highest BCUT2D eigenvalue weighted by Gasteiger charge is 2.05. The van der Waals surface area contributed by atoms with Gasteiger partial charge in [0.25, 0.3) is 0 Å². The fourth-order valence-electron chi connectivity index (χ4n) is 1.56. The summed E-state index contributed by atoms with van der Waals surface area (Å²) in [7, 11) is 1.33. The van der Waals surface area contributed by atoms with Crippen molar-refractivity contribution in [1.82, 2.24) is 0 Å². The minimum atomic E-state index is -0.420. The third-order valence-corrected chi connectivity index (χ3v) is 3.08. The molecule has 0 saturated heterocycles. The first-order chi connectivity index (χ1) is 9.10. The maximum atomic E-state index is 11.0. The molecule has 4 heteroatoms. The lowest BCUT2D eigenvalue weighted by molar-refractivity contribution is -0.134. The summed E-state index contributed by atoms with van der Waals surface area (Å²) < 4.78 is 10.1. The molecule has 0 spiro atoms. The van der Waals surface area contributed by atoms with Gasteiger partial charge in [-0.15, -0.1) is 0 Å². The van der Waals surface area contributed by atoms with Crippen molar-refractivity contribution in [3.63, 3.8) is 0 Å². The highest BCUT2D eigenvalue weighted by molar-refractivity contribution is 6.31. The summed E-state index contributed by atoms with van der Waals surface area (Å²) >= 11 is 6.08. The van der Waals surface area contributed by atoms with Crippen molar-refractivity contribution in [3.8, 4) is 11.3 Å². The van der Waals surface area contributed by atoms with Gasteiger partial charge in [0.2, 0.25) is 0 Å². The van der Waals surface area contributed by atoms with Crippen LogP contribution in [0.2, 0.25) is 5.02 Å². The molecule has 0 aliphatic rings. The summed E-state index contributed by atoms with van der Waals surface area (Å²) in [5, 5.41) is 0.695. The van der Waals surface area contributed by atoms with Crippen LogP contribution in [0, 0.1) is 6.92 Å². The molecule has 0 saturated carbocycles. The van der Waals surface area contributed by atoms with E-state index in [0.29, 0.717) is 16.5 Å². The smallest absolute Gasteiger partial charge is 0.330 e. The third-order valence-electron chi connectivity index (χ3n) is 2.67. The van der Waals surface area contributed by atoms with Crippen molar-refractivity contribution < 1.29 is 13.9 Å². The van der Waals surface area contributed by atoms with Crippen molar-refractivity contribution in [1.29, 1.82) is 0 Å². The second-order valence-electron chi connectivity index (χ2n) is 4.02. The van der Waals surface area contributed by atoms with Gasteiger partial charge in [0.1, 0.15) is 11.5 Å². The molecule has 0 aliphatic heterocycles. The van der Waals surface area contributed by atoms with Crippen LogP contribution in [-0.2, 0) is 9.53 Å². The van der Waals surface area contributed by atoms with E-state index in [1.54, 1.807) is 12.1 Å². The SMILES string of the molecule is COC(=O)/C=C/c1ccc(-c2ccc(C)c(Cl)c2)o1. The molecule has 1 heterocycles. The summed E-state index contributed by atoms with van der Waals surface area (Å²) in [6.07, 6.45) is 2.87. The number of rotatable bonds is 3. The van der Waals surface area contributed by atoms with E-state index in [1.807, 2.05) is 31.2 Å². The van der Waals surface area contributed by atoms with Crippen LogP contribution in [0.15, 0.2) is 40.8 Å². The summed E-state index contributed by atoms with van der Waals surface area (Å²) in [4.78, 5) is 11.0. The fraction of sp³-hybridized carbons (Fsp3) is 0.133. The number of furan rings is 1. The van der Waals surface area contributed by atoms with Crippen molar-refractivity contribution >= 4 is 23.6 Å². The van der Waals surface area contributed by atoms with E-state index >= 15 is 0 Å². The number of halogens is 1. The Morgan fingerprint density at radius 3 is 2.79 bits per heavy atom. The minimum Gasteiger partial charge on any atom is -0.466 e. The Bertz CT molecular complexity index is 626. The molecule has 0 N–H and O–H groups in total. The second kappa shape index (κ2) is 5.76. The van der Waals surface area contributed by atoms with E-state index in [-0.39, 0.29) is 0 Å². The molecule has 2 rings (SSSR count). The van der Waals surface area contributed by atoms with E-state index in [1.165, 1.54) is 13.2 Å². The lowest BCUT2D eigenvalue weighted by Crippen LogP contribution is -1.92. The largest absolute Gasteiger partial charge is 0.466 e. The van der Waals surface area contributed by atoms with Crippen LogP contribution in [0.25, 0.3) is 17.4 Å². The van der Waals surface area contributed by atoms with Crippen LogP contribution >= 0.6 is 11.6 Å². The van der Waals surface area contributed by atoms with Crippen molar-refractivity contribution in [3.05, 3.63) is 52.8 Å². The van der Waals surface area contributed by atoms with E-state index in [4.69, 9.17) is 16.0 Å². The maximum Gasteiger partial charge on any atom is 0.330 e. The fourth-order valence-corrected chi connectivity index (χ4v) is 1.74. The quantitative estimate of drug-likeness (QED) is 0.626. The van der Waals surface area contributed by atoms with Gasteiger partial charge in [-0.25, -0.2) is 4.79 Å². The number of methoxy groups -OCH3 is 1. The van der Waals surface area contributed by atoms with Crippen LogP contribution in [0.3, 0.4) is 0 Å². The number of carbonyl (C=O) groups is 1. The molecule has 2 aromatic rings. The molecule has 0 unspecified atom stereocenters. The number of benzene rings is 1. The standard InChI is InChI=1S/C15H13ClO3/c1-10-3-4-11(9-13(10)16)14-7-5-12(19-14)6-8-15(17)18-2/h3-9H,1-2H3/b8-6+. The summed E-state index contributed by atoms with van der Waals surface area (Å²) in [6.45, 7) is 1.94. The molecule has 1 aromatic heterocycles. The monoisotopic (exact) mass is 276 g/mol. The third kappa shape index (κ3) is 3.26. The van der Waals surface area contributed by atoms with E-state index in [9.17, 15) is 4.79 Å². The average Bonchev–Trinajstić information content (AvgIpc) is 2.88. The zero-order valence-corrected chi connectivity index (χ0v) is 11.4. The number of ether oxygens (including phenoxy) is 1. The molecule has 0 atom stereocenters. The van der Waals surface area contributed by atoms with Crippen molar-refractivity contribution in [2.75, 3.05) is 7.11 Å². The van der Waals surface area contributed by atoms with Crippen LogP contribution < -0.4 is 0 Å². The Hall–Kier alpha value is -2.00. The van der Waals surface area contributed by atoms with Gasteiger partial charge >= 0.3 is 5.97 Å². The van der Waals surface area contributed by atoms with Gasteiger partial charge in [-0.3, -0.25) is 0 Å². The first kappa shape index (κ1) is 13.4. The van der Waals surface area contributed by atoms with Crippen LogP contribution in [0.4, 0.5) is 0 Å². The maximum absolute atomic E-state index is 11.0. The summed E-state index contributed by atoms with van der Waals surface area (Å²) in [5.74, 6) is 0.861. The second-order valence-corrected chi connectivity index (χ2v) is 4.43. The molecule has 0 amide bonds. The van der Waals surface area contributed by atoms with Gasteiger partial charge in [0, 0.05) is 16.7 Å². The van der Waals surface area contributed by atoms with Gasteiger partial charge < -0.3 is 9.15 Å². The van der Waals surface area contributed by atoms with E-state index in [0.717, 1.165) is 11.1 Å². The minimum absolute atomic E-state index is 0.420. The zero-order chi connectivity index (χ0) is 13.8. The Balaban J connectivity index is 2.23. The number of aryl methyl sites for hydroxylation is 1. The zero-order valence-electron chi connectivity index (χ0n) is 10.6. The first-order valence-electron chi connectivity index (χ1n) is 5.72. The topological polar surface area (TPSA) is 39.4 Å².